The highest BCUT2D eigenvalue weighted by atomic mass is 32.2. The first-order valence-electron chi connectivity index (χ1n) is 5.71. The molecule has 7 heteroatoms. The molecule has 2 heterocycles. The van der Waals surface area contributed by atoms with E-state index >= 15 is 0 Å². The SMILES string of the molecule is CNc1nc(C(C)C)nc(Sc2ncn[nH]2)c1C. The first-order valence-corrected chi connectivity index (χ1v) is 6.53. The second-order valence-corrected chi connectivity index (χ2v) is 5.14. The molecule has 0 unspecified atom stereocenters. The summed E-state index contributed by atoms with van der Waals surface area (Å²) < 4.78 is 0. The van der Waals surface area contributed by atoms with E-state index in [0.29, 0.717) is 0 Å². The molecule has 0 aliphatic heterocycles. The fraction of sp³-hybridized carbons (Fsp3) is 0.455. The summed E-state index contributed by atoms with van der Waals surface area (Å²) >= 11 is 1.46. The zero-order valence-electron chi connectivity index (χ0n) is 10.9. The molecule has 0 aliphatic rings. The third-order valence-electron chi connectivity index (χ3n) is 2.46. The monoisotopic (exact) mass is 264 g/mol. The molecule has 2 rings (SSSR count). The minimum Gasteiger partial charge on any atom is -0.373 e. The summed E-state index contributed by atoms with van der Waals surface area (Å²) in [6.45, 7) is 6.15. The van der Waals surface area contributed by atoms with Gasteiger partial charge in [-0.15, -0.1) is 0 Å². The van der Waals surface area contributed by atoms with Crippen molar-refractivity contribution in [1.82, 2.24) is 25.1 Å². The minimum atomic E-state index is 0.284. The van der Waals surface area contributed by atoms with Gasteiger partial charge in [0.2, 0.25) is 0 Å². The van der Waals surface area contributed by atoms with Crippen LogP contribution in [-0.4, -0.2) is 32.2 Å². The molecule has 2 N–H and O–H groups in total. The van der Waals surface area contributed by atoms with Gasteiger partial charge in [-0.2, -0.15) is 5.10 Å². The van der Waals surface area contributed by atoms with Crippen molar-refractivity contribution in [2.75, 3.05) is 12.4 Å². The van der Waals surface area contributed by atoms with Gasteiger partial charge in [0, 0.05) is 18.5 Å². The summed E-state index contributed by atoms with van der Waals surface area (Å²) in [5.41, 5.74) is 1.02. The van der Waals surface area contributed by atoms with Crippen molar-refractivity contribution >= 4 is 17.6 Å². The Kier molecular flexibility index (Phi) is 3.81. The number of aromatic nitrogens is 5. The highest BCUT2D eigenvalue weighted by Gasteiger charge is 2.14. The number of H-pyrrole nitrogens is 1. The summed E-state index contributed by atoms with van der Waals surface area (Å²) in [7, 11) is 1.86. The van der Waals surface area contributed by atoms with E-state index in [4.69, 9.17) is 0 Å². The molecular weight excluding hydrogens is 248 g/mol. The molecule has 0 aromatic carbocycles. The second-order valence-electron chi connectivity index (χ2n) is 4.16. The molecule has 0 saturated heterocycles. The van der Waals surface area contributed by atoms with E-state index in [1.807, 2.05) is 14.0 Å². The average molecular weight is 264 g/mol. The fourth-order valence-corrected chi connectivity index (χ4v) is 2.22. The molecular formula is C11H16N6S. The summed E-state index contributed by atoms with van der Waals surface area (Å²) in [6, 6.07) is 0. The molecule has 0 radical (unpaired) electrons. The molecule has 2 aromatic heterocycles. The van der Waals surface area contributed by atoms with E-state index in [2.05, 4.69) is 44.3 Å². The van der Waals surface area contributed by atoms with Crippen LogP contribution < -0.4 is 5.32 Å². The molecule has 18 heavy (non-hydrogen) atoms. The van der Waals surface area contributed by atoms with E-state index in [0.717, 1.165) is 27.4 Å². The van der Waals surface area contributed by atoms with E-state index in [-0.39, 0.29) is 5.92 Å². The Morgan fingerprint density at radius 2 is 2.11 bits per heavy atom. The summed E-state index contributed by atoms with van der Waals surface area (Å²) in [5, 5.41) is 11.4. The number of hydrogen-bond donors (Lipinski definition) is 2. The largest absolute Gasteiger partial charge is 0.373 e. The lowest BCUT2D eigenvalue weighted by atomic mass is 10.2. The number of aromatic amines is 1. The maximum Gasteiger partial charge on any atom is 0.189 e. The third-order valence-corrected chi connectivity index (χ3v) is 3.44. The zero-order chi connectivity index (χ0) is 13.1. The van der Waals surface area contributed by atoms with Gasteiger partial charge in [-0.25, -0.2) is 15.0 Å². The Hall–Kier alpha value is -1.63. The van der Waals surface area contributed by atoms with Gasteiger partial charge in [-0.3, -0.25) is 5.10 Å². The van der Waals surface area contributed by atoms with Crippen LogP contribution in [0.25, 0.3) is 0 Å². The van der Waals surface area contributed by atoms with Crippen LogP contribution in [-0.2, 0) is 0 Å². The van der Waals surface area contributed by atoms with Gasteiger partial charge in [0.1, 0.15) is 23.0 Å². The van der Waals surface area contributed by atoms with Gasteiger partial charge in [0.25, 0.3) is 0 Å². The second kappa shape index (κ2) is 5.34. The van der Waals surface area contributed by atoms with Crippen LogP contribution in [0.2, 0.25) is 0 Å². The maximum absolute atomic E-state index is 4.58. The fourth-order valence-electron chi connectivity index (χ4n) is 1.45. The molecule has 0 aliphatic carbocycles. The van der Waals surface area contributed by atoms with Crippen LogP contribution >= 0.6 is 11.8 Å². The molecule has 0 spiro atoms. The van der Waals surface area contributed by atoms with Crippen LogP contribution in [0.3, 0.4) is 0 Å². The van der Waals surface area contributed by atoms with E-state index in [9.17, 15) is 0 Å². The Morgan fingerprint density at radius 3 is 2.67 bits per heavy atom. The van der Waals surface area contributed by atoms with Crippen LogP contribution in [0.15, 0.2) is 16.5 Å². The van der Waals surface area contributed by atoms with Gasteiger partial charge in [-0.05, 0) is 18.7 Å². The summed E-state index contributed by atoms with van der Waals surface area (Å²) in [4.78, 5) is 13.2. The predicted octanol–water partition coefficient (Wildman–Crippen LogP) is 2.22. The summed E-state index contributed by atoms with van der Waals surface area (Å²) in [5.74, 6) is 1.97. The Balaban J connectivity index is 2.41. The molecule has 0 bridgehead atoms. The molecule has 6 nitrogen and oxygen atoms in total. The van der Waals surface area contributed by atoms with Crippen molar-refractivity contribution in [2.45, 2.75) is 36.9 Å². The molecule has 0 atom stereocenters. The van der Waals surface area contributed by atoms with Crippen molar-refractivity contribution in [2.24, 2.45) is 0 Å². The molecule has 0 fully saturated rings. The van der Waals surface area contributed by atoms with Gasteiger partial charge >= 0.3 is 0 Å². The predicted molar refractivity (Wildman–Crippen MR) is 70.9 cm³/mol. The average Bonchev–Trinajstić information content (AvgIpc) is 2.84. The quantitative estimate of drug-likeness (QED) is 0.824. The lowest BCUT2D eigenvalue weighted by Gasteiger charge is -2.12. The van der Waals surface area contributed by atoms with Crippen LogP contribution in [0.1, 0.15) is 31.2 Å². The number of rotatable bonds is 4. The first kappa shape index (κ1) is 12.8. The van der Waals surface area contributed by atoms with E-state index in [1.54, 1.807) is 0 Å². The first-order chi connectivity index (χ1) is 8.61. The number of nitrogens with one attached hydrogen (secondary N) is 2. The van der Waals surface area contributed by atoms with Crippen LogP contribution in [0.5, 0.6) is 0 Å². The molecule has 96 valence electrons. The maximum atomic E-state index is 4.58. The standard InChI is InChI=1S/C11H16N6S/c1-6(2)8-15-9(12-4)7(3)10(16-8)18-11-13-5-14-17-11/h5-6H,1-4H3,(H,12,15,16)(H,13,14,17). The van der Waals surface area contributed by atoms with Crippen LogP contribution in [0.4, 0.5) is 5.82 Å². The number of anilines is 1. The normalized spacial score (nSPS) is 10.9. The topological polar surface area (TPSA) is 79.4 Å². The third kappa shape index (κ3) is 2.61. The van der Waals surface area contributed by atoms with Gasteiger partial charge < -0.3 is 5.32 Å². The van der Waals surface area contributed by atoms with Crippen molar-refractivity contribution < 1.29 is 0 Å². The lowest BCUT2D eigenvalue weighted by Crippen LogP contribution is -2.06. The van der Waals surface area contributed by atoms with Crippen LogP contribution in [0, 0.1) is 6.92 Å². The molecule has 2 aromatic rings. The van der Waals surface area contributed by atoms with Crippen molar-refractivity contribution in [1.29, 1.82) is 0 Å². The number of hydrogen-bond acceptors (Lipinski definition) is 6. The van der Waals surface area contributed by atoms with Gasteiger partial charge in [0.15, 0.2) is 5.16 Å². The van der Waals surface area contributed by atoms with E-state index in [1.165, 1.54) is 18.1 Å². The smallest absolute Gasteiger partial charge is 0.189 e. The van der Waals surface area contributed by atoms with E-state index < -0.39 is 0 Å². The summed E-state index contributed by atoms with van der Waals surface area (Å²) in [6.07, 6.45) is 1.49. The highest BCUT2D eigenvalue weighted by Crippen LogP contribution is 2.29. The van der Waals surface area contributed by atoms with Crippen molar-refractivity contribution in [3.8, 4) is 0 Å². The number of nitrogens with zero attached hydrogens (tertiary/aromatic N) is 4. The molecule has 0 amide bonds. The van der Waals surface area contributed by atoms with Crippen molar-refractivity contribution in [3.05, 3.63) is 17.7 Å². The Morgan fingerprint density at radius 1 is 1.33 bits per heavy atom. The lowest BCUT2D eigenvalue weighted by molar-refractivity contribution is 0.749. The minimum absolute atomic E-state index is 0.284. The van der Waals surface area contributed by atoms with Gasteiger partial charge in [0.05, 0.1) is 0 Å². The molecule has 0 saturated carbocycles. The Labute approximate surface area is 110 Å². The van der Waals surface area contributed by atoms with Crippen molar-refractivity contribution in [3.63, 3.8) is 0 Å². The zero-order valence-corrected chi connectivity index (χ0v) is 11.7. The van der Waals surface area contributed by atoms with Gasteiger partial charge in [-0.1, -0.05) is 13.8 Å². The highest BCUT2D eigenvalue weighted by molar-refractivity contribution is 7.99. The Bertz CT molecular complexity index is 523.